The highest BCUT2D eigenvalue weighted by Crippen LogP contribution is 2.54. The van der Waals surface area contributed by atoms with Crippen LogP contribution in [0.25, 0.3) is 0 Å². The Balaban J connectivity index is 1.97. The van der Waals surface area contributed by atoms with Crippen LogP contribution in [0.3, 0.4) is 0 Å². The summed E-state index contributed by atoms with van der Waals surface area (Å²) in [7, 11) is 0. The predicted octanol–water partition coefficient (Wildman–Crippen LogP) is 2.96. The molecule has 1 heterocycles. The number of carbonyl (C=O) groups excluding carboxylic acids is 1. The van der Waals surface area contributed by atoms with Gasteiger partial charge < -0.3 is 5.32 Å². The normalized spacial score (nSPS) is 41.1. The van der Waals surface area contributed by atoms with Gasteiger partial charge in [0.15, 0.2) is 0 Å². The van der Waals surface area contributed by atoms with Crippen LogP contribution >= 0.6 is 0 Å². The van der Waals surface area contributed by atoms with Crippen molar-refractivity contribution in [3.05, 3.63) is 23.3 Å². The summed E-state index contributed by atoms with van der Waals surface area (Å²) in [5.74, 6) is 0.753. The van der Waals surface area contributed by atoms with Gasteiger partial charge in [0, 0.05) is 5.57 Å². The lowest BCUT2D eigenvalue weighted by Gasteiger charge is -2.49. The highest BCUT2D eigenvalue weighted by Gasteiger charge is 2.47. The van der Waals surface area contributed by atoms with Crippen molar-refractivity contribution in [1.29, 1.82) is 0 Å². The van der Waals surface area contributed by atoms with Gasteiger partial charge in [0.2, 0.25) is 5.91 Å². The fourth-order valence-corrected chi connectivity index (χ4v) is 4.11. The molecule has 0 saturated heterocycles. The highest BCUT2D eigenvalue weighted by atomic mass is 16.2. The molecule has 3 aliphatic rings. The summed E-state index contributed by atoms with van der Waals surface area (Å²) in [6.45, 7) is 8.63. The van der Waals surface area contributed by atoms with E-state index < -0.39 is 0 Å². The van der Waals surface area contributed by atoms with E-state index in [1.807, 2.05) is 6.92 Å². The molecule has 2 nitrogen and oxygen atoms in total. The zero-order valence-corrected chi connectivity index (χ0v) is 10.8. The average molecular weight is 231 g/mol. The summed E-state index contributed by atoms with van der Waals surface area (Å²) < 4.78 is 0. The van der Waals surface area contributed by atoms with E-state index in [0.717, 1.165) is 18.4 Å². The van der Waals surface area contributed by atoms with Crippen molar-refractivity contribution in [2.24, 2.45) is 11.3 Å². The summed E-state index contributed by atoms with van der Waals surface area (Å²) in [5, 5.41) is 3.14. The Morgan fingerprint density at radius 2 is 2.24 bits per heavy atom. The third-order valence-electron chi connectivity index (χ3n) is 5.22. The lowest BCUT2D eigenvalue weighted by atomic mass is 9.57. The minimum absolute atomic E-state index is 0.151. The summed E-state index contributed by atoms with van der Waals surface area (Å²) in [5.41, 5.74) is 4.11. The van der Waals surface area contributed by atoms with Crippen molar-refractivity contribution >= 4 is 5.91 Å². The lowest BCUT2D eigenvalue weighted by Crippen LogP contribution is -2.44. The second-order valence-electron chi connectivity index (χ2n) is 6.30. The summed E-state index contributed by atoms with van der Waals surface area (Å²) >= 11 is 0. The molecule has 0 aromatic carbocycles. The number of hydrogen-bond donors (Lipinski definition) is 1. The average Bonchev–Trinajstić information content (AvgIpc) is 2.52. The van der Waals surface area contributed by atoms with Crippen LogP contribution in [-0.2, 0) is 4.79 Å². The van der Waals surface area contributed by atoms with Crippen molar-refractivity contribution in [1.82, 2.24) is 5.32 Å². The Labute approximate surface area is 103 Å². The minimum atomic E-state index is 0.151. The van der Waals surface area contributed by atoms with E-state index in [9.17, 15) is 4.79 Å². The number of allylic oxidation sites excluding steroid dienone is 1. The van der Waals surface area contributed by atoms with E-state index in [1.54, 1.807) is 0 Å². The van der Waals surface area contributed by atoms with Gasteiger partial charge >= 0.3 is 0 Å². The van der Waals surface area contributed by atoms with Crippen molar-refractivity contribution in [3.8, 4) is 0 Å². The molecule has 0 spiro atoms. The highest BCUT2D eigenvalue weighted by molar-refractivity contribution is 5.97. The van der Waals surface area contributed by atoms with Crippen LogP contribution in [-0.4, -0.2) is 11.9 Å². The molecule has 3 atom stereocenters. The topological polar surface area (TPSA) is 29.1 Å². The van der Waals surface area contributed by atoms with Gasteiger partial charge in [-0.3, -0.25) is 4.79 Å². The van der Waals surface area contributed by atoms with Crippen LogP contribution in [0.4, 0.5) is 0 Å². The van der Waals surface area contributed by atoms with Crippen molar-refractivity contribution in [2.75, 3.05) is 0 Å². The van der Waals surface area contributed by atoms with Gasteiger partial charge in [-0.25, -0.2) is 0 Å². The molecule has 1 aliphatic heterocycles. The molecule has 2 aliphatic carbocycles. The van der Waals surface area contributed by atoms with Crippen molar-refractivity contribution in [3.63, 3.8) is 0 Å². The first-order valence-corrected chi connectivity index (χ1v) is 6.69. The quantitative estimate of drug-likeness (QED) is 0.638. The van der Waals surface area contributed by atoms with Crippen molar-refractivity contribution in [2.45, 2.75) is 52.0 Å². The largest absolute Gasteiger partial charge is 0.346 e. The molecule has 0 aromatic rings. The zero-order valence-electron chi connectivity index (χ0n) is 10.8. The standard InChI is InChI=1S/C15H21NO/c1-9-5-4-6-15(3)8-13-11(7-12(9)15)10(2)14(17)16-13/h12-13H,1,4-8H2,2-3H3,(H,16,17). The molecule has 17 heavy (non-hydrogen) atoms. The molecule has 1 N–H and O–H groups in total. The molecule has 3 rings (SSSR count). The molecule has 0 aromatic heterocycles. The molecule has 2 saturated carbocycles. The second kappa shape index (κ2) is 3.47. The molecule has 0 radical (unpaired) electrons. The number of amides is 1. The summed E-state index contributed by atoms with van der Waals surface area (Å²) in [4.78, 5) is 11.7. The van der Waals surface area contributed by atoms with Crippen LogP contribution in [0.1, 0.15) is 46.0 Å². The van der Waals surface area contributed by atoms with Gasteiger partial charge in [0.25, 0.3) is 0 Å². The Hall–Kier alpha value is -1.05. The minimum Gasteiger partial charge on any atom is -0.346 e. The molecule has 2 heteroatoms. The smallest absolute Gasteiger partial charge is 0.247 e. The van der Waals surface area contributed by atoms with E-state index in [1.165, 1.54) is 30.4 Å². The molecule has 2 fully saturated rings. The van der Waals surface area contributed by atoms with E-state index in [2.05, 4.69) is 18.8 Å². The third-order valence-corrected chi connectivity index (χ3v) is 5.22. The van der Waals surface area contributed by atoms with Crippen LogP contribution in [0.15, 0.2) is 23.3 Å². The molecule has 1 amide bonds. The van der Waals surface area contributed by atoms with E-state index in [-0.39, 0.29) is 5.91 Å². The Morgan fingerprint density at radius 1 is 1.47 bits per heavy atom. The Bertz CT molecular complexity index is 434. The van der Waals surface area contributed by atoms with Crippen LogP contribution in [0.5, 0.6) is 0 Å². The van der Waals surface area contributed by atoms with E-state index in [4.69, 9.17) is 0 Å². The molecular formula is C15H21NO. The first-order chi connectivity index (χ1) is 8.01. The van der Waals surface area contributed by atoms with E-state index in [0.29, 0.717) is 17.4 Å². The molecule has 92 valence electrons. The molecular weight excluding hydrogens is 210 g/mol. The van der Waals surface area contributed by atoms with Crippen LogP contribution in [0, 0.1) is 11.3 Å². The van der Waals surface area contributed by atoms with Gasteiger partial charge in [-0.05, 0) is 55.9 Å². The SMILES string of the molecule is C=C1CCCC2(C)CC3NC(=O)C(C)=C3CC12. The number of hydrogen-bond acceptors (Lipinski definition) is 1. The fraction of sp³-hybridized carbons (Fsp3) is 0.667. The van der Waals surface area contributed by atoms with Crippen molar-refractivity contribution < 1.29 is 4.79 Å². The van der Waals surface area contributed by atoms with Crippen LogP contribution in [0.2, 0.25) is 0 Å². The van der Waals surface area contributed by atoms with Gasteiger partial charge in [0.1, 0.15) is 0 Å². The summed E-state index contributed by atoms with van der Waals surface area (Å²) in [6.07, 6.45) is 5.90. The van der Waals surface area contributed by atoms with Gasteiger partial charge in [-0.2, -0.15) is 0 Å². The second-order valence-corrected chi connectivity index (χ2v) is 6.30. The number of fused-ring (bicyclic) bond motifs is 2. The number of carbonyl (C=O) groups is 1. The van der Waals surface area contributed by atoms with Gasteiger partial charge in [-0.1, -0.05) is 19.1 Å². The maximum atomic E-state index is 11.7. The lowest BCUT2D eigenvalue weighted by molar-refractivity contribution is -0.117. The molecule has 3 unspecified atom stereocenters. The number of nitrogens with one attached hydrogen (secondary N) is 1. The monoisotopic (exact) mass is 231 g/mol. The summed E-state index contributed by atoms with van der Waals surface area (Å²) in [6, 6.07) is 0.314. The number of rotatable bonds is 0. The first kappa shape index (κ1) is 11.1. The fourth-order valence-electron chi connectivity index (χ4n) is 4.11. The van der Waals surface area contributed by atoms with E-state index >= 15 is 0 Å². The third kappa shape index (κ3) is 1.50. The maximum Gasteiger partial charge on any atom is 0.247 e. The molecule has 0 bridgehead atoms. The Morgan fingerprint density at radius 3 is 3.00 bits per heavy atom. The van der Waals surface area contributed by atoms with Gasteiger partial charge in [0.05, 0.1) is 6.04 Å². The zero-order chi connectivity index (χ0) is 12.2. The maximum absolute atomic E-state index is 11.7. The Kier molecular flexibility index (Phi) is 2.26. The van der Waals surface area contributed by atoms with Crippen LogP contribution < -0.4 is 5.32 Å². The first-order valence-electron chi connectivity index (χ1n) is 6.69. The predicted molar refractivity (Wildman–Crippen MR) is 68.5 cm³/mol. The van der Waals surface area contributed by atoms with Gasteiger partial charge in [-0.15, -0.1) is 0 Å².